The van der Waals surface area contributed by atoms with E-state index in [-0.39, 0.29) is 0 Å². The lowest BCUT2D eigenvalue weighted by Crippen LogP contribution is -2.10. The van der Waals surface area contributed by atoms with Gasteiger partial charge in [-0.3, -0.25) is 0 Å². The summed E-state index contributed by atoms with van der Waals surface area (Å²) in [6.45, 7) is 0. The van der Waals surface area contributed by atoms with Crippen LogP contribution in [0, 0.1) is 0 Å². The lowest BCUT2D eigenvalue weighted by atomic mass is 10.0. The Labute approximate surface area is 137 Å². The van der Waals surface area contributed by atoms with Gasteiger partial charge in [-0.1, -0.05) is 48.5 Å². The van der Waals surface area contributed by atoms with Gasteiger partial charge in [-0.05, 0) is 0 Å². The van der Waals surface area contributed by atoms with Gasteiger partial charge in [0.2, 0.25) is 0 Å². The molecular weight excluding hydrogens is 312 g/mol. The average Bonchev–Trinajstić information content (AvgIpc) is 2.63. The maximum absolute atomic E-state index is 11.6. The Morgan fingerprint density at radius 1 is 0.625 bits per heavy atom. The third-order valence-electron chi connectivity index (χ3n) is 3.54. The van der Waals surface area contributed by atoms with Gasteiger partial charge in [0.05, 0.1) is 14.2 Å². The van der Waals surface area contributed by atoms with Crippen LogP contribution in [-0.2, 0) is 9.47 Å². The van der Waals surface area contributed by atoms with Crippen molar-refractivity contribution in [2.24, 2.45) is 0 Å². The van der Waals surface area contributed by atoms with Crippen molar-refractivity contribution in [2.45, 2.75) is 0 Å². The second-order valence-electron chi connectivity index (χ2n) is 4.86. The van der Waals surface area contributed by atoms with Crippen LogP contribution in [0.4, 0.5) is 9.59 Å². The molecule has 0 heterocycles. The lowest BCUT2D eigenvalue weighted by Gasteiger charge is -2.15. The highest BCUT2D eigenvalue weighted by molar-refractivity contribution is 6.12. The van der Waals surface area contributed by atoms with Crippen molar-refractivity contribution in [3.8, 4) is 11.5 Å². The molecule has 0 unspecified atom stereocenters. The molecule has 0 aliphatic rings. The van der Waals surface area contributed by atoms with E-state index in [4.69, 9.17) is 9.47 Å². The molecule has 3 aromatic carbocycles. The number of hydrogen-bond acceptors (Lipinski definition) is 6. The van der Waals surface area contributed by atoms with Crippen LogP contribution >= 0.6 is 0 Å². The van der Waals surface area contributed by atoms with Crippen LogP contribution < -0.4 is 9.47 Å². The second-order valence-corrected chi connectivity index (χ2v) is 4.86. The molecule has 0 bridgehead atoms. The van der Waals surface area contributed by atoms with Crippen molar-refractivity contribution in [1.29, 1.82) is 0 Å². The molecule has 0 radical (unpaired) electrons. The molecule has 0 N–H and O–H groups in total. The van der Waals surface area contributed by atoms with E-state index in [9.17, 15) is 9.59 Å². The van der Waals surface area contributed by atoms with E-state index in [1.165, 1.54) is 14.2 Å². The normalized spacial score (nSPS) is 10.4. The van der Waals surface area contributed by atoms with Crippen LogP contribution in [0.5, 0.6) is 11.5 Å². The number of fused-ring (bicyclic) bond motifs is 2. The number of carbonyl (C=O) groups excluding carboxylic acids is 2. The summed E-state index contributed by atoms with van der Waals surface area (Å²) < 4.78 is 19.9. The molecule has 0 aliphatic carbocycles. The summed E-state index contributed by atoms with van der Waals surface area (Å²) in [6.07, 6.45) is -1.65. The van der Waals surface area contributed by atoms with Crippen LogP contribution in [0.15, 0.2) is 48.5 Å². The number of hydrogen-bond donors (Lipinski definition) is 0. The fourth-order valence-electron chi connectivity index (χ4n) is 2.52. The van der Waals surface area contributed by atoms with Gasteiger partial charge >= 0.3 is 12.3 Å². The molecule has 0 fully saturated rings. The largest absolute Gasteiger partial charge is 0.513 e. The number of methoxy groups -OCH3 is 2. The summed E-state index contributed by atoms with van der Waals surface area (Å²) in [5.74, 6) is 0.676. The smallest absolute Gasteiger partial charge is 0.437 e. The Hall–Kier alpha value is -3.28. The Kier molecular flexibility index (Phi) is 4.20. The van der Waals surface area contributed by atoms with Crippen molar-refractivity contribution >= 4 is 33.9 Å². The number of rotatable bonds is 2. The molecule has 6 heteroatoms. The van der Waals surface area contributed by atoms with Crippen molar-refractivity contribution in [1.82, 2.24) is 0 Å². The summed E-state index contributed by atoms with van der Waals surface area (Å²) >= 11 is 0. The summed E-state index contributed by atoms with van der Waals surface area (Å²) in [5, 5.41) is 2.45. The van der Waals surface area contributed by atoms with Gasteiger partial charge in [0.1, 0.15) is 11.5 Å². The fraction of sp³-hybridized carbons (Fsp3) is 0.111. The highest BCUT2D eigenvalue weighted by Crippen LogP contribution is 2.42. The average molecular weight is 326 g/mol. The molecule has 0 aliphatic heterocycles. The lowest BCUT2D eigenvalue weighted by molar-refractivity contribution is 0.120. The van der Waals surface area contributed by atoms with Gasteiger partial charge in [-0.15, -0.1) is 0 Å². The minimum atomic E-state index is -0.827. The SMILES string of the molecule is COC(=O)Oc1c2ccccc2c(OC(=O)OC)c2ccccc12. The van der Waals surface area contributed by atoms with E-state index in [0.29, 0.717) is 33.0 Å². The first-order chi connectivity index (χ1) is 11.7. The number of ether oxygens (including phenoxy) is 4. The molecule has 0 spiro atoms. The predicted octanol–water partition coefficient (Wildman–Crippen LogP) is 4.28. The molecule has 0 amide bonds. The van der Waals surface area contributed by atoms with E-state index in [1.807, 2.05) is 0 Å². The first kappa shape index (κ1) is 15.6. The van der Waals surface area contributed by atoms with Crippen LogP contribution in [0.25, 0.3) is 21.5 Å². The highest BCUT2D eigenvalue weighted by Gasteiger charge is 2.20. The standard InChI is InChI=1S/C18H14O6/c1-21-17(19)23-15-11-7-3-5-9-13(11)16(24-18(20)22-2)14-10-6-4-8-12(14)15/h3-10H,1-2H3. The molecule has 3 aromatic rings. The van der Waals surface area contributed by atoms with Crippen LogP contribution in [-0.4, -0.2) is 26.5 Å². The van der Waals surface area contributed by atoms with E-state index >= 15 is 0 Å². The summed E-state index contributed by atoms with van der Waals surface area (Å²) in [4.78, 5) is 23.3. The Morgan fingerprint density at radius 2 is 0.917 bits per heavy atom. The third-order valence-corrected chi connectivity index (χ3v) is 3.54. The van der Waals surface area contributed by atoms with E-state index < -0.39 is 12.3 Å². The first-order valence-corrected chi connectivity index (χ1v) is 7.10. The zero-order valence-corrected chi connectivity index (χ0v) is 13.1. The maximum Gasteiger partial charge on any atom is 0.513 e. The zero-order chi connectivity index (χ0) is 17.1. The minimum absolute atomic E-state index is 0.338. The maximum atomic E-state index is 11.6. The molecule has 0 aromatic heterocycles. The Bertz CT molecular complexity index is 798. The van der Waals surface area contributed by atoms with Gasteiger partial charge in [-0.25, -0.2) is 9.59 Å². The molecule has 0 saturated carbocycles. The van der Waals surface area contributed by atoms with Crippen molar-refractivity contribution in [3.63, 3.8) is 0 Å². The van der Waals surface area contributed by atoms with Crippen molar-refractivity contribution in [3.05, 3.63) is 48.5 Å². The molecule has 24 heavy (non-hydrogen) atoms. The van der Waals surface area contributed by atoms with Crippen molar-refractivity contribution < 1.29 is 28.5 Å². The molecule has 0 saturated heterocycles. The molecule has 6 nitrogen and oxygen atoms in total. The van der Waals surface area contributed by atoms with Crippen LogP contribution in [0.3, 0.4) is 0 Å². The van der Waals surface area contributed by atoms with E-state index in [0.717, 1.165) is 0 Å². The van der Waals surface area contributed by atoms with Gasteiger partial charge in [0, 0.05) is 21.5 Å². The van der Waals surface area contributed by atoms with Gasteiger partial charge < -0.3 is 18.9 Å². The van der Waals surface area contributed by atoms with Gasteiger partial charge in [-0.2, -0.15) is 0 Å². The summed E-state index contributed by atoms with van der Waals surface area (Å²) in [6, 6.07) is 14.3. The van der Waals surface area contributed by atoms with E-state index in [2.05, 4.69) is 9.47 Å². The van der Waals surface area contributed by atoms with Gasteiger partial charge in [0.25, 0.3) is 0 Å². The van der Waals surface area contributed by atoms with Crippen LogP contribution in [0.1, 0.15) is 0 Å². The minimum Gasteiger partial charge on any atom is -0.437 e. The first-order valence-electron chi connectivity index (χ1n) is 7.10. The van der Waals surface area contributed by atoms with Gasteiger partial charge in [0.15, 0.2) is 0 Å². The second kappa shape index (κ2) is 6.45. The number of benzene rings is 3. The summed E-state index contributed by atoms with van der Waals surface area (Å²) in [7, 11) is 2.48. The Balaban J connectivity index is 2.36. The quantitative estimate of drug-likeness (QED) is 0.397. The topological polar surface area (TPSA) is 71.1 Å². The molecule has 122 valence electrons. The number of carbonyl (C=O) groups is 2. The predicted molar refractivity (Wildman–Crippen MR) is 87.5 cm³/mol. The highest BCUT2D eigenvalue weighted by atomic mass is 16.7. The van der Waals surface area contributed by atoms with Crippen LogP contribution in [0.2, 0.25) is 0 Å². The third kappa shape index (κ3) is 2.69. The fourth-order valence-corrected chi connectivity index (χ4v) is 2.52. The molecule has 0 atom stereocenters. The monoisotopic (exact) mass is 326 g/mol. The van der Waals surface area contributed by atoms with Crippen molar-refractivity contribution in [2.75, 3.05) is 14.2 Å². The van der Waals surface area contributed by atoms with E-state index in [1.54, 1.807) is 48.5 Å². The zero-order valence-electron chi connectivity index (χ0n) is 13.1. The Morgan fingerprint density at radius 3 is 1.17 bits per heavy atom. The summed E-state index contributed by atoms with van der Waals surface area (Å²) in [5.41, 5.74) is 0. The molecule has 3 rings (SSSR count). The molecular formula is C18H14O6.